The molecule has 0 fully saturated rings. The van der Waals surface area contributed by atoms with Crippen LogP contribution >= 0.6 is 0 Å². The van der Waals surface area contributed by atoms with Gasteiger partial charge >= 0.3 is 0 Å². The highest BCUT2D eigenvalue weighted by atomic mass is 19.1. The molecule has 5 rings (SSSR count). The quantitative estimate of drug-likeness (QED) is 0.314. The van der Waals surface area contributed by atoms with Crippen LogP contribution < -0.4 is 14.8 Å². The van der Waals surface area contributed by atoms with Gasteiger partial charge in [-0.3, -0.25) is 9.89 Å². The smallest absolute Gasteiger partial charge is 0.288 e. The molecule has 0 aliphatic carbocycles. The fourth-order valence-electron chi connectivity index (χ4n) is 3.96. The minimum absolute atomic E-state index is 0. The number of halogens is 1. The van der Waals surface area contributed by atoms with Crippen LogP contribution in [0.25, 0.3) is 16.6 Å². The van der Waals surface area contributed by atoms with E-state index in [0.717, 1.165) is 22.2 Å². The number of H-pyrrole nitrogens is 1. The number of nitrogens with one attached hydrogen (secondary N) is 2. The lowest BCUT2D eigenvalue weighted by atomic mass is 10.0. The molecule has 2 N–H and O–H groups in total. The molecule has 37 heavy (non-hydrogen) atoms. The van der Waals surface area contributed by atoms with Crippen molar-refractivity contribution in [3.05, 3.63) is 96.5 Å². The van der Waals surface area contributed by atoms with E-state index >= 15 is 0 Å². The summed E-state index contributed by atoms with van der Waals surface area (Å²) in [7, 11) is 1.59. The number of hydrogen-bond donors (Lipinski definition) is 2. The second-order valence-corrected chi connectivity index (χ2v) is 8.16. The Bertz CT molecular complexity index is 1480. The molecule has 0 saturated heterocycles. The van der Waals surface area contributed by atoms with Crippen molar-refractivity contribution in [3.8, 4) is 17.2 Å². The minimum Gasteiger partial charge on any atom is -0.497 e. The van der Waals surface area contributed by atoms with Gasteiger partial charge in [0.15, 0.2) is 0 Å². The standard InChI is InChI=1S/C26H23FN6O3.CH4/c1-16(31-26(34)25-28-15-29-32-25)24(17-4-3-5-21(12-17)35-2)36-22-10-11-23-18(13-22)14-30-33(23)20-8-6-19(27)7-9-20;/h3-16,24H,1-2H3,(H,31,34)(H,28,29,32);1H4/t16-,24-;/m0./s1. The van der Waals surface area contributed by atoms with Gasteiger partial charge in [0.1, 0.15) is 29.7 Å². The summed E-state index contributed by atoms with van der Waals surface area (Å²) >= 11 is 0. The van der Waals surface area contributed by atoms with Gasteiger partial charge in [0.25, 0.3) is 5.91 Å². The van der Waals surface area contributed by atoms with Crippen molar-refractivity contribution in [2.75, 3.05) is 7.11 Å². The number of rotatable bonds is 8. The molecule has 2 heterocycles. The summed E-state index contributed by atoms with van der Waals surface area (Å²) in [5.74, 6) is 0.674. The number of nitrogens with zero attached hydrogens (tertiary/aromatic N) is 4. The first-order chi connectivity index (χ1) is 17.5. The van der Waals surface area contributed by atoms with Crippen LogP contribution in [0.2, 0.25) is 0 Å². The monoisotopic (exact) mass is 502 g/mol. The van der Waals surface area contributed by atoms with Gasteiger partial charge in [-0.2, -0.15) is 10.2 Å². The van der Waals surface area contributed by atoms with Crippen molar-refractivity contribution >= 4 is 16.8 Å². The predicted molar refractivity (Wildman–Crippen MR) is 137 cm³/mol. The molecule has 0 aliphatic heterocycles. The SMILES string of the molecule is C.COc1cccc([C@@H](Oc2ccc3c(cnn3-c3ccc(F)cc3)c2)[C@H](C)NC(=O)c2ncn[nH]2)c1. The molecule has 0 radical (unpaired) electrons. The van der Waals surface area contributed by atoms with Gasteiger partial charge in [0.2, 0.25) is 5.82 Å². The van der Waals surface area contributed by atoms with Crippen molar-refractivity contribution < 1.29 is 18.7 Å². The summed E-state index contributed by atoms with van der Waals surface area (Å²) in [6, 6.07) is 18.8. The third-order valence-corrected chi connectivity index (χ3v) is 5.74. The van der Waals surface area contributed by atoms with E-state index in [4.69, 9.17) is 9.47 Å². The Morgan fingerprint density at radius 3 is 2.62 bits per heavy atom. The van der Waals surface area contributed by atoms with Gasteiger partial charge in [0, 0.05) is 5.39 Å². The molecule has 5 aromatic rings. The van der Waals surface area contributed by atoms with Crippen molar-refractivity contribution in [2.45, 2.75) is 26.5 Å². The summed E-state index contributed by atoms with van der Waals surface area (Å²) in [6.45, 7) is 1.85. The van der Waals surface area contributed by atoms with Gasteiger partial charge in [-0.25, -0.2) is 14.1 Å². The van der Waals surface area contributed by atoms with E-state index in [1.54, 1.807) is 30.1 Å². The number of benzene rings is 3. The normalized spacial score (nSPS) is 12.4. The van der Waals surface area contributed by atoms with Gasteiger partial charge in [-0.1, -0.05) is 19.6 Å². The Kier molecular flexibility index (Phi) is 7.47. The Morgan fingerprint density at radius 2 is 1.89 bits per heavy atom. The zero-order valence-electron chi connectivity index (χ0n) is 19.6. The largest absolute Gasteiger partial charge is 0.497 e. The molecule has 0 unspecified atom stereocenters. The van der Waals surface area contributed by atoms with Crippen LogP contribution in [0.5, 0.6) is 11.5 Å². The van der Waals surface area contributed by atoms with Crippen molar-refractivity contribution in [3.63, 3.8) is 0 Å². The van der Waals surface area contributed by atoms with E-state index in [1.165, 1.54) is 18.5 Å². The van der Waals surface area contributed by atoms with Crippen LogP contribution in [0, 0.1) is 5.82 Å². The molecule has 0 bridgehead atoms. The average molecular weight is 503 g/mol. The topological polar surface area (TPSA) is 107 Å². The van der Waals surface area contributed by atoms with Gasteiger partial charge in [-0.05, 0) is 67.1 Å². The van der Waals surface area contributed by atoms with Crippen molar-refractivity contribution in [1.82, 2.24) is 30.3 Å². The van der Waals surface area contributed by atoms with Crippen LogP contribution in [-0.2, 0) is 0 Å². The van der Waals surface area contributed by atoms with Crippen LogP contribution in [0.1, 0.15) is 36.6 Å². The van der Waals surface area contributed by atoms with E-state index in [-0.39, 0.29) is 19.1 Å². The van der Waals surface area contributed by atoms with Gasteiger partial charge in [-0.15, -0.1) is 0 Å². The number of aromatic amines is 1. The lowest BCUT2D eigenvalue weighted by Crippen LogP contribution is -2.39. The first-order valence-corrected chi connectivity index (χ1v) is 11.2. The van der Waals surface area contributed by atoms with Crippen molar-refractivity contribution in [1.29, 1.82) is 0 Å². The number of hydrogen-bond acceptors (Lipinski definition) is 6. The van der Waals surface area contributed by atoms with E-state index in [9.17, 15) is 9.18 Å². The Labute approximate surface area is 213 Å². The maximum atomic E-state index is 13.3. The number of aromatic nitrogens is 5. The first-order valence-electron chi connectivity index (χ1n) is 11.2. The highest BCUT2D eigenvalue weighted by molar-refractivity contribution is 5.90. The molecule has 9 nitrogen and oxygen atoms in total. The fourth-order valence-corrected chi connectivity index (χ4v) is 3.96. The molecule has 0 spiro atoms. The number of fused-ring (bicyclic) bond motifs is 1. The summed E-state index contributed by atoms with van der Waals surface area (Å²) in [4.78, 5) is 16.5. The zero-order valence-corrected chi connectivity index (χ0v) is 19.6. The molecule has 1 amide bonds. The maximum absolute atomic E-state index is 13.3. The van der Waals surface area contributed by atoms with Crippen molar-refractivity contribution in [2.24, 2.45) is 0 Å². The number of amides is 1. The molecule has 3 aromatic carbocycles. The zero-order chi connectivity index (χ0) is 25.1. The van der Waals surface area contributed by atoms with E-state index in [0.29, 0.717) is 11.5 Å². The van der Waals surface area contributed by atoms with Crippen LogP contribution in [0.4, 0.5) is 4.39 Å². The Morgan fingerprint density at radius 1 is 1.08 bits per heavy atom. The summed E-state index contributed by atoms with van der Waals surface area (Å²) < 4.78 is 26.9. The average Bonchev–Trinajstić information content (AvgIpc) is 3.58. The molecule has 2 aromatic heterocycles. The minimum atomic E-state index is -0.545. The molecule has 0 aliphatic rings. The second kappa shape index (κ2) is 10.9. The Balaban J connectivity index is 0.00000320. The Hall–Kier alpha value is -4.73. The number of carbonyl (C=O) groups is 1. The molecule has 2 atom stereocenters. The number of ether oxygens (including phenoxy) is 2. The third kappa shape index (κ3) is 5.43. The van der Waals surface area contributed by atoms with E-state index in [2.05, 4.69) is 25.6 Å². The van der Waals surface area contributed by atoms with Crippen LogP contribution in [0.3, 0.4) is 0 Å². The lowest BCUT2D eigenvalue weighted by molar-refractivity contribution is 0.0872. The highest BCUT2D eigenvalue weighted by Crippen LogP contribution is 2.30. The molecule has 0 saturated carbocycles. The molecular weight excluding hydrogens is 475 g/mol. The molecular formula is C27H27FN6O3. The highest BCUT2D eigenvalue weighted by Gasteiger charge is 2.25. The molecule has 190 valence electrons. The first kappa shape index (κ1) is 25.4. The lowest BCUT2D eigenvalue weighted by Gasteiger charge is -2.26. The predicted octanol–water partition coefficient (Wildman–Crippen LogP) is 4.87. The summed E-state index contributed by atoms with van der Waals surface area (Å²) in [6.07, 6.45) is 2.45. The summed E-state index contributed by atoms with van der Waals surface area (Å²) in [5.41, 5.74) is 2.42. The summed E-state index contributed by atoms with van der Waals surface area (Å²) in [5, 5.41) is 14.5. The number of methoxy groups -OCH3 is 1. The second-order valence-electron chi connectivity index (χ2n) is 8.16. The third-order valence-electron chi connectivity index (χ3n) is 5.74. The number of carbonyl (C=O) groups excluding carboxylic acids is 1. The van der Waals surface area contributed by atoms with Gasteiger partial charge in [0.05, 0.1) is 30.6 Å². The van der Waals surface area contributed by atoms with E-state index in [1.807, 2.05) is 49.4 Å². The van der Waals surface area contributed by atoms with Crippen LogP contribution in [-0.4, -0.2) is 44.0 Å². The maximum Gasteiger partial charge on any atom is 0.288 e. The van der Waals surface area contributed by atoms with Gasteiger partial charge < -0.3 is 14.8 Å². The van der Waals surface area contributed by atoms with Crippen LogP contribution in [0.15, 0.2) is 79.3 Å². The molecule has 10 heteroatoms. The fraction of sp³-hybridized carbons (Fsp3) is 0.185. The van der Waals surface area contributed by atoms with E-state index < -0.39 is 18.1 Å².